The zero-order valence-electron chi connectivity index (χ0n) is 18.8. The van der Waals surface area contributed by atoms with Crippen LogP contribution in [0.1, 0.15) is 38.7 Å². The van der Waals surface area contributed by atoms with Crippen molar-refractivity contribution in [2.45, 2.75) is 45.7 Å². The molecule has 1 unspecified atom stereocenters. The van der Waals surface area contributed by atoms with E-state index >= 15 is 0 Å². The highest BCUT2D eigenvalue weighted by Gasteiger charge is 2.22. The first-order chi connectivity index (χ1) is 14.2. The molecule has 0 aromatic carbocycles. The van der Waals surface area contributed by atoms with E-state index < -0.39 is 0 Å². The Bertz CT molecular complexity index is 627. The molecule has 0 amide bonds. The lowest BCUT2D eigenvalue weighted by molar-refractivity contribution is 0.0132. The minimum atomic E-state index is 0. The number of halogens is 1. The molecule has 2 aliphatic rings. The summed E-state index contributed by atoms with van der Waals surface area (Å²) in [5, 5.41) is 6.95. The second-order valence-corrected chi connectivity index (χ2v) is 8.46. The molecular weight excluding hydrogens is 491 g/mol. The van der Waals surface area contributed by atoms with E-state index in [1.807, 2.05) is 13.2 Å². The van der Waals surface area contributed by atoms with Gasteiger partial charge in [0.05, 0.1) is 13.2 Å². The van der Waals surface area contributed by atoms with Crippen LogP contribution < -0.4 is 15.5 Å². The van der Waals surface area contributed by atoms with Gasteiger partial charge in [-0.25, -0.2) is 4.98 Å². The molecule has 8 heteroatoms. The summed E-state index contributed by atoms with van der Waals surface area (Å²) in [6.45, 7) is 12.1. The van der Waals surface area contributed by atoms with E-state index in [-0.39, 0.29) is 24.0 Å². The molecule has 1 aromatic heterocycles. The number of hydrogen-bond acceptors (Lipinski definition) is 5. The second-order valence-electron chi connectivity index (χ2n) is 8.46. The van der Waals surface area contributed by atoms with E-state index in [0.29, 0.717) is 12.0 Å². The summed E-state index contributed by atoms with van der Waals surface area (Å²) in [7, 11) is 1.83. The normalized spacial score (nSPS) is 18.9. The Labute approximate surface area is 199 Å². The van der Waals surface area contributed by atoms with Crippen molar-refractivity contribution < 1.29 is 4.74 Å². The van der Waals surface area contributed by atoms with Crippen molar-refractivity contribution in [3.63, 3.8) is 0 Å². The van der Waals surface area contributed by atoms with Gasteiger partial charge >= 0.3 is 0 Å². The maximum absolute atomic E-state index is 5.52. The molecule has 30 heavy (non-hydrogen) atoms. The van der Waals surface area contributed by atoms with Gasteiger partial charge in [-0.3, -0.25) is 9.89 Å². The molecule has 7 nitrogen and oxygen atoms in total. The van der Waals surface area contributed by atoms with Gasteiger partial charge in [0, 0.05) is 58.6 Å². The Kier molecular flexibility index (Phi) is 11.2. The third-order valence-electron chi connectivity index (χ3n) is 5.73. The molecule has 0 bridgehead atoms. The van der Waals surface area contributed by atoms with E-state index in [1.54, 1.807) is 0 Å². The first-order valence-corrected chi connectivity index (χ1v) is 11.1. The first-order valence-electron chi connectivity index (χ1n) is 11.1. The first kappa shape index (κ1) is 25.1. The predicted octanol–water partition coefficient (Wildman–Crippen LogP) is 2.71. The number of pyridine rings is 1. The molecule has 2 aliphatic heterocycles. The molecule has 0 aliphatic carbocycles. The minimum absolute atomic E-state index is 0. The zero-order valence-corrected chi connectivity index (χ0v) is 21.1. The van der Waals surface area contributed by atoms with E-state index in [1.165, 1.54) is 24.8 Å². The number of aromatic nitrogens is 1. The topological polar surface area (TPSA) is 65.0 Å². The van der Waals surface area contributed by atoms with Gasteiger partial charge in [-0.15, -0.1) is 24.0 Å². The van der Waals surface area contributed by atoms with Gasteiger partial charge in [0.25, 0.3) is 0 Å². The maximum Gasteiger partial charge on any atom is 0.191 e. The number of hydrogen-bond donors (Lipinski definition) is 2. The lowest BCUT2D eigenvalue weighted by Crippen LogP contribution is -2.50. The number of nitrogens with zero attached hydrogens (tertiary/aromatic N) is 4. The Morgan fingerprint density at radius 2 is 1.87 bits per heavy atom. The van der Waals surface area contributed by atoms with Crippen molar-refractivity contribution in [1.82, 2.24) is 20.5 Å². The van der Waals surface area contributed by atoms with Crippen molar-refractivity contribution in [1.29, 1.82) is 0 Å². The number of aliphatic imine (C=N–C) groups is 1. The van der Waals surface area contributed by atoms with Crippen LogP contribution in [0.15, 0.2) is 23.3 Å². The molecular formula is C22H39IN6O. The molecule has 1 atom stereocenters. The van der Waals surface area contributed by atoms with E-state index in [2.05, 4.69) is 56.4 Å². The molecule has 3 heterocycles. The molecule has 2 saturated heterocycles. The summed E-state index contributed by atoms with van der Waals surface area (Å²) in [5.74, 6) is 2.60. The van der Waals surface area contributed by atoms with Gasteiger partial charge in [-0.05, 0) is 36.8 Å². The fraction of sp³-hybridized carbons (Fsp3) is 0.727. The van der Waals surface area contributed by atoms with Gasteiger partial charge in [-0.2, -0.15) is 0 Å². The van der Waals surface area contributed by atoms with Crippen molar-refractivity contribution in [3.8, 4) is 0 Å². The summed E-state index contributed by atoms with van der Waals surface area (Å²) in [6.07, 6.45) is 5.69. The molecule has 0 radical (unpaired) electrons. The van der Waals surface area contributed by atoms with Crippen molar-refractivity contribution in [2.24, 2.45) is 10.9 Å². The molecule has 3 rings (SSSR count). The number of anilines is 1. The highest BCUT2D eigenvalue weighted by atomic mass is 127. The SMILES string of the molecule is CN=C(NCc1ccc(N2CCCC2)nc1)NCC(CC(C)C)N1CCOCC1.I. The van der Waals surface area contributed by atoms with Crippen LogP contribution in [0, 0.1) is 5.92 Å². The highest BCUT2D eigenvalue weighted by molar-refractivity contribution is 14.0. The van der Waals surface area contributed by atoms with Crippen LogP contribution in [0.25, 0.3) is 0 Å². The van der Waals surface area contributed by atoms with Crippen molar-refractivity contribution in [3.05, 3.63) is 23.9 Å². The molecule has 2 fully saturated rings. The van der Waals surface area contributed by atoms with Gasteiger partial charge in [0.2, 0.25) is 0 Å². The van der Waals surface area contributed by atoms with Gasteiger partial charge in [0.15, 0.2) is 5.96 Å². The monoisotopic (exact) mass is 530 g/mol. The lowest BCUT2D eigenvalue weighted by Gasteiger charge is -2.35. The van der Waals surface area contributed by atoms with E-state index in [9.17, 15) is 0 Å². The molecule has 170 valence electrons. The summed E-state index contributed by atoms with van der Waals surface area (Å²) in [5.41, 5.74) is 1.17. The molecule has 2 N–H and O–H groups in total. The standard InChI is InChI=1S/C22H38N6O.HI/c1-18(2)14-20(27-10-12-29-13-11-27)17-26-22(23-3)25-16-19-6-7-21(24-15-19)28-8-4-5-9-28;/h6-7,15,18,20H,4-5,8-14,16-17H2,1-3H3,(H2,23,25,26);1H. The quantitative estimate of drug-likeness (QED) is 0.306. The summed E-state index contributed by atoms with van der Waals surface area (Å²) < 4.78 is 5.52. The smallest absolute Gasteiger partial charge is 0.191 e. The van der Waals surface area contributed by atoms with Crippen LogP contribution in [0.3, 0.4) is 0 Å². The van der Waals surface area contributed by atoms with Crippen LogP contribution in [-0.2, 0) is 11.3 Å². The van der Waals surface area contributed by atoms with Gasteiger partial charge in [0.1, 0.15) is 5.82 Å². The Morgan fingerprint density at radius 3 is 2.47 bits per heavy atom. The molecule has 0 spiro atoms. The summed E-state index contributed by atoms with van der Waals surface area (Å²) >= 11 is 0. The molecule has 1 aromatic rings. The predicted molar refractivity (Wildman–Crippen MR) is 135 cm³/mol. The Morgan fingerprint density at radius 1 is 1.13 bits per heavy atom. The van der Waals surface area contributed by atoms with Crippen molar-refractivity contribution in [2.75, 3.05) is 57.9 Å². The van der Waals surface area contributed by atoms with Crippen LogP contribution in [0.4, 0.5) is 5.82 Å². The second kappa shape index (κ2) is 13.3. The maximum atomic E-state index is 5.52. The average molecular weight is 530 g/mol. The highest BCUT2D eigenvalue weighted by Crippen LogP contribution is 2.17. The van der Waals surface area contributed by atoms with Crippen molar-refractivity contribution >= 4 is 35.8 Å². The number of nitrogens with one attached hydrogen (secondary N) is 2. The summed E-state index contributed by atoms with van der Waals surface area (Å²) in [6, 6.07) is 4.80. The Balaban J connectivity index is 0.00000320. The number of guanidine groups is 1. The van der Waals surface area contributed by atoms with Crippen LogP contribution in [0.5, 0.6) is 0 Å². The molecule has 0 saturated carbocycles. The third kappa shape index (κ3) is 7.85. The average Bonchev–Trinajstić information content (AvgIpc) is 3.28. The third-order valence-corrected chi connectivity index (χ3v) is 5.73. The minimum Gasteiger partial charge on any atom is -0.379 e. The lowest BCUT2D eigenvalue weighted by atomic mass is 10.0. The number of rotatable bonds is 8. The fourth-order valence-electron chi connectivity index (χ4n) is 4.12. The Hall–Kier alpha value is -1.13. The van der Waals surface area contributed by atoms with Crippen LogP contribution in [0.2, 0.25) is 0 Å². The largest absolute Gasteiger partial charge is 0.379 e. The zero-order chi connectivity index (χ0) is 20.5. The van der Waals surface area contributed by atoms with Gasteiger partial charge < -0.3 is 20.3 Å². The fourth-order valence-corrected chi connectivity index (χ4v) is 4.12. The van der Waals surface area contributed by atoms with E-state index in [4.69, 9.17) is 4.74 Å². The number of ether oxygens (including phenoxy) is 1. The van der Waals surface area contributed by atoms with Gasteiger partial charge in [-0.1, -0.05) is 19.9 Å². The van der Waals surface area contributed by atoms with Crippen LogP contribution in [-0.4, -0.2) is 74.9 Å². The van der Waals surface area contributed by atoms with E-state index in [0.717, 1.165) is 64.3 Å². The summed E-state index contributed by atoms with van der Waals surface area (Å²) in [4.78, 5) is 13.9. The number of morpholine rings is 1. The van der Waals surface area contributed by atoms with Crippen LogP contribution >= 0.6 is 24.0 Å².